The van der Waals surface area contributed by atoms with Crippen molar-refractivity contribution in [1.29, 1.82) is 0 Å². The molecule has 4 aromatic rings. The molecule has 5 rings (SSSR count). The number of amides is 2. The van der Waals surface area contributed by atoms with Gasteiger partial charge in [-0.2, -0.15) is 0 Å². The maximum absolute atomic E-state index is 13.2. The van der Waals surface area contributed by atoms with Gasteiger partial charge in [-0.15, -0.1) is 22.7 Å². The number of aromatic nitrogens is 2. The molecule has 0 fully saturated rings. The van der Waals surface area contributed by atoms with Crippen molar-refractivity contribution in [2.45, 2.75) is 32.2 Å². The molecule has 2 N–H and O–H groups in total. The van der Waals surface area contributed by atoms with E-state index in [4.69, 9.17) is 11.6 Å². The molecule has 33 heavy (non-hydrogen) atoms. The molecule has 0 atom stereocenters. The van der Waals surface area contributed by atoms with Crippen LogP contribution in [0, 0.1) is 0 Å². The molecule has 0 aliphatic heterocycles. The van der Waals surface area contributed by atoms with Crippen LogP contribution in [-0.2, 0) is 24.2 Å². The molecule has 1 aromatic carbocycles. The summed E-state index contributed by atoms with van der Waals surface area (Å²) in [7, 11) is 0. The molecule has 10 heteroatoms. The lowest BCUT2D eigenvalue weighted by Gasteiger charge is -2.13. The van der Waals surface area contributed by atoms with Crippen molar-refractivity contribution in [1.82, 2.24) is 9.55 Å². The Morgan fingerprint density at radius 2 is 1.88 bits per heavy atom. The van der Waals surface area contributed by atoms with Gasteiger partial charge in [-0.05, 0) is 67.0 Å². The largest absolute Gasteiger partial charge is 0.322 e. The first-order valence-corrected chi connectivity index (χ1v) is 12.5. The van der Waals surface area contributed by atoms with Gasteiger partial charge in [0.05, 0.1) is 17.3 Å². The van der Waals surface area contributed by atoms with Gasteiger partial charge in [0.25, 0.3) is 11.5 Å². The fourth-order valence-electron chi connectivity index (χ4n) is 3.95. The topological polar surface area (TPSA) is 93.1 Å². The van der Waals surface area contributed by atoms with Crippen molar-refractivity contribution in [3.8, 4) is 0 Å². The highest BCUT2D eigenvalue weighted by atomic mass is 35.5. The average molecular weight is 499 g/mol. The van der Waals surface area contributed by atoms with E-state index in [1.165, 1.54) is 33.6 Å². The number of hydrogen-bond acceptors (Lipinski definition) is 6. The third-order valence-corrected chi connectivity index (χ3v) is 7.80. The fraction of sp³-hybridized carbons (Fsp3) is 0.217. The Morgan fingerprint density at radius 1 is 1.09 bits per heavy atom. The van der Waals surface area contributed by atoms with Gasteiger partial charge in [-0.1, -0.05) is 11.6 Å². The summed E-state index contributed by atoms with van der Waals surface area (Å²) >= 11 is 8.76. The van der Waals surface area contributed by atoms with Crippen LogP contribution in [0.25, 0.3) is 10.2 Å². The summed E-state index contributed by atoms with van der Waals surface area (Å²) in [6.45, 7) is -0.182. The predicted molar refractivity (Wildman–Crippen MR) is 133 cm³/mol. The van der Waals surface area contributed by atoms with Gasteiger partial charge in [-0.3, -0.25) is 19.0 Å². The highest BCUT2D eigenvalue weighted by Gasteiger charge is 2.26. The maximum Gasteiger partial charge on any atom is 0.262 e. The SMILES string of the molecule is O=C(Cn1cnc2sccc2c1=O)Nc1sc2c(c1C(=O)Nc1ccc(Cl)cc1)CCCC2. The minimum atomic E-state index is -0.382. The minimum absolute atomic E-state index is 0.182. The second-order valence-electron chi connectivity index (χ2n) is 7.74. The normalized spacial score (nSPS) is 13.0. The first-order chi connectivity index (χ1) is 16.0. The van der Waals surface area contributed by atoms with E-state index < -0.39 is 0 Å². The quantitative estimate of drug-likeness (QED) is 0.407. The van der Waals surface area contributed by atoms with E-state index in [0.717, 1.165) is 36.1 Å². The summed E-state index contributed by atoms with van der Waals surface area (Å²) in [5.74, 6) is -0.654. The van der Waals surface area contributed by atoms with Gasteiger partial charge in [0.1, 0.15) is 16.4 Å². The first kappa shape index (κ1) is 21.8. The van der Waals surface area contributed by atoms with Crippen LogP contribution in [0.1, 0.15) is 33.6 Å². The number of halogens is 1. The van der Waals surface area contributed by atoms with E-state index in [9.17, 15) is 14.4 Å². The molecular weight excluding hydrogens is 480 g/mol. The zero-order chi connectivity index (χ0) is 22.9. The lowest BCUT2D eigenvalue weighted by molar-refractivity contribution is -0.116. The molecule has 1 aliphatic carbocycles. The van der Waals surface area contributed by atoms with Crippen LogP contribution >= 0.6 is 34.3 Å². The molecule has 0 bridgehead atoms. The van der Waals surface area contributed by atoms with Crippen molar-refractivity contribution < 1.29 is 9.59 Å². The monoisotopic (exact) mass is 498 g/mol. The Kier molecular flexibility index (Phi) is 6.01. The maximum atomic E-state index is 13.2. The summed E-state index contributed by atoms with van der Waals surface area (Å²) in [5, 5.41) is 9.16. The summed E-state index contributed by atoms with van der Waals surface area (Å²) in [5.41, 5.74) is 1.85. The van der Waals surface area contributed by atoms with Crippen molar-refractivity contribution in [3.63, 3.8) is 0 Å². The zero-order valence-corrected chi connectivity index (χ0v) is 19.8. The molecular formula is C23H19ClN4O3S2. The number of benzene rings is 1. The lowest BCUT2D eigenvalue weighted by Crippen LogP contribution is -2.28. The number of anilines is 2. The number of aryl methyl sites for hydroxylation is 1. The second-order valence-corrected chi connectivity index (χ2v) is 10.2. The summed E-state index contributed by atoms with van der Waals surface area (Å²) < 4.78 is 1.28. The van der Waals surface area contributed by atoms with E-state index in [1.807, 2.05) is 0 Å². The van der Waals surface area contributed by atoms with E-state index >= 15 is 0 Å². The number of nitrogens with zero attached hydrogens (tertiary/aromatic N) is 2. The van der Waals surface area contributed by atoms with Gasteiger partial charge >= 0.3 is 0 Å². The molecule has 0 saturated carbocycles. The van der Waals surface area contributed by atoms with Crippen molar-refractivity contribution in [3.05, 3.63) is 73.4 Å². The van der Waals surface area contributed by atoms with Crippen molar-refractivity contribution in [2.24, 2.45) is 0 Å². The fourth-order valence-corrected chi connectivity index (χ4v) is 6.10. The molecule has 1 aliphatic rings. The Bertz CT molecular complexity index is 1420. The molecule has 3 heterocycles. The Morgan fingerprint density at radius 3 is 2.70 bits per heavy atom. The molecule has 0 unspecified atom stereocenters. The van der Waals surface area contributed by atoms with Crippen LogP contribution in [0.4, 0.5) is 10.7 Å². The summed E-state index contributed by atoms with van der Waals surface area (Å²) in [6.07, 6.45) is 5.12. The highest BCUT2D eigenvalue weighted by Crippen LogP contribution is 2.38. The lowest BCUT2D eigenvalue weighted by atomic mass is 9.95. The van der Waals surface area contributed by atoms with Gasteiger partial charge < -0.3 is 10.6 Å². The van der Waals surface area contributed by atoms with Crippen LogP contribution in [0.15, 0.2) is 46.8 Å². The van der Waals surface area contributed by atoms with Crippen molar-refractivity contribution >= 4 is 67.0 Å². The number of nitrogens with one attached hydrogen (secondary N) is 2. The molecule has 2 amide bonds. The van der Waals surface area contributed by atoms with E-state index in [2.05, 4.69) is 15.6 Å². The van der Waals surface area contributed by atoms with Gasteiger partial charge in [0.2, 0.25) is 5.91 Å². The number of fused-ring (bicyclic) bond motifs is 2. The Balaban J connectivity index is 1.41. The van der Waals surface area contributed by atoms with Crippen LogP contribution in [0.3, 0.4) is 0 Å². The molecule has 168 valence electrons. The third kappa shape index (κ3) is 4.44. The molecule has 0 spiro atoms. The van der Waals surface area contributed by atoms with Crippen LogP contribution in [-0.4, -0.2) is 21.4 Å². The zero-order valence-electron chi connectivity index (χ0n) is 17.4. The smallest absolute Gasteiger partial charge is 0.262 e. The summed E-state index contributed by atoms with van der Waals surface area (Å²) in [6, 6.07) is 8.59. The van der Waals surface area contributed by atoms with E-state index in [1.54, 1.807) is 35.7 Å². The molecule has 0 saturated heterocycles. The highest BCUT2D eigenvalue weighted by molar-refractivity contribution is 7.17. The Hall–Kier alpha value is -3.01. The number of thiophene rings is 2. The van der Waals surface area contributed by atoms with Crippen molar-refractivity contribution in [2.75, 3.05) is 10.6 Å². The van der Waals surface area contributed by atoms with E-state index in [0.29, 0.717) is 31.5 Å². The predicted octanol–water partition coefficient (Wildman–Crippen LogP) is 4.94. The van der Waals surface area contributed by atoms with Crippen LogP contribution in [0.2, 0.25) is 5.02 Å². The Labute approximate surface area is 202 Å². The van der Waals surface area contributed by atoms with Gasteiger partial charge in [-0.25, -0.2) is 4.98 Å². The number of carbonyl (C=O) groups excluding carboxylic acids is 2. The molecule has 0 radical (unpaired) electrons. The first-order valence-electron chi connectivity index (χ1n) is 10.4. The van der Waals surface area contributed by atoms with E-state index in [-0.39, 0.29) is 23.9 Å². The van der Waals surface area contributed by atoms with Gasteiger partial charge in [0, 0.05) is 15.6 Å². The third-order valence-electron chi connectivity index (χ3n) is 5.52. The second kappa shape index (κ2) is 9.09. The average Bonchev–Trinajstić information content (AvgIpc) is 3.42. The summed E-state index contributed by atoms with van der Waals surface area (Å²) in [4.78, 5) is 44.7. The van der Waals surface area contributed by atoms with Gasteiger partial charge in [0.15, 0.2) is 0 Å². The number of carbonyl (C=O) groups is 2. The minimum Gasteiger partial charge on any atom is -0.322 e. The van der Waals surface area contributed by atoms with Crippen LogP contribution in [0.5, 0.6) is 0 Å². The van der Waals surface area contributed by atoms with Crippen LogP contribution < -0.4 is 16.2 Å². The molecule has 3 aromatic heterocycles. The molecule has 7 nitrogen and oxygen atoms in total. The number of rotatable bonds is 5. The standard InChI is InChI=1S/C23H19ClN4O3S2/c24-13-5-7-14(8-6-13)26-20(30)19-15-3-1-2-4-17(15)33-22(19)27-18(29)11-28-12-25-21-16(23(28)31)9-10-32-21/h5-10,12H,1-4,11H2,(H,26,30)(H,27,29). The number of hydrogen-bond donors (Lipinski definition) is 2.